The first-order chi connectivity index (χ1) is 13.7. The molecule has 0 fully saturated rings. The number of benzene rings is 2. The molecule has 0 radical (unpaired) electrons. The first-order valence-electron chi connectivity index (χ1n) is 8.62. The Morgan fingerprint density at radius 2 is 1.82 bits per heavy atom. The minimum atomic E-state index is -0.0743. The smallest absolute Gasteiger partial charge is 0.236 e. The van der Waals surface area contributed by atoms with Gasteiger partial charge in [0.1, 0.15) is 5.01 Å². The Hall–Kier alpha value is -2.58. The molecule has 0 saturated heterocycles. The van der Waals surface area contributed by atoms with Gasteiger partial charge in [-0.2, -0.15) is 0 Å². The van der Waals surface area contributed by atoms with E-state index in [-0.39, 0.29) is 5.91 Å². The van der Waals surface area contributed by atoms with Crippen LogP contribution in [0.25, 0.3) is 0 Å². The highest BCUT2D eigenvalue weighted by molar-refractivity contribution is 7.99. The lowest BCUT2D eigenvalue weighted by molar-refractivity contribution is -0.113. The van der Waals surface area contributed by atoms with Crippen molar-refractivity contribution in [1.82, 2.24) is 10.2 Å². The second kappa shape index (κ2) is 10.1. The van der Waals surface area contributed by atoms with Crippen LogP contribution >= 0.6 is 23.1 Å². The number of hydrogen-bond acceptors (Lipinski definition) is 7. The lowest BCUT2D eigenvalue weighted by atomic mass is 10.1. The van der Waals surface area contributed by atoms with Gasteiger partial charge in [0.15, 0.2) is 11.5 Å². The van der Waals surface area contributed by atoms with E-state index in [0.29, 0.717) is 28.8 Å². The summed E-state index contributed by atoms with van der Waals surface area (Å²) in [7, 11) is 3.21. The third-order valence-corrected chi connectivity index (χ3v) is 5.70. The zero-order valence-electron chi connectivity index (χ0n) is 15.7. The SMILES string of the molecule is COc1ccc(Cc2nnc(NC(=O)CSCc3ccccc3)s2)cc1OC. The van der Waals surface area contributed by atoms with E-state index in [2.05, 4.69) is 27.6 Å². The molecular weight excluding hydrogens is 394 g/mol. The van der Waals surface area contributed by atoms with Crippen molar-refractivity contribution in [1.29, 1.82) is 0 Å². The number of thioether (sulfide) groups is 1. The minimum absolute atomic E-state index is 0.0743. The number of nitrogens with one attached hydrogen (secondary N) is 1. The van der Waals surface area contributed by atoms with Crippen molar-refractivity contribution >= 4 is 34.1 Å². The standard InChI is InChI=1S/C20H21N3O3S2/c1-25-16-9-8-15(10-17(16)26-2)11-19-22-23-20(28-19)21-18(24)13-27-12-14-6-4-3-5-7-14/h3-10H,11-13H2,1-2H3,(H,21,23,24). The summed E-state index contributed by atoms with van der Waals surface area (Å²) in [6.45, 7) is 0. The van der Waals surface area contributed by atoms with Gasteiger partial charge in [-0.1, -0.05) is 47.7 Å². The van der Waals surface area contributed by atoms with Crippen molar-refractivity contribution < 1.29 is 14.3 Å². The van der Waals surface area contributed by atoms with Crippen molar-refractivity contribution in [3.8, 4) is 11.5 Å². The maximum absolute atomic E-state index is 12.1. The van der Waals surface area contributed by atoms with Crippen LogP contribution in [0.5, 0.6) is 11.5 Å². The average Bonchev–Trinajstić information content (AvgIpc) is 3.15. The van der Waals surface area contributed by atoms with Crippen LogP contribution in [0.15, 0.2) is 48.5 Å². The number of nitrogens with zero attached hydrogens (tertiary/aromatic N) is 2. The van der Waals surface area contributed by atoms with E-state index in [1.807, 2.05) is 36.4 Å². The summed E-state index contributed by atoms with van der Waals surface area (Å²) in [5.74, 6) is 2.46. The molecule has 3 rings (SSSR count). The predicted octanol–water partition coefficient (Wildman–Crippen LogP) is 4.02. The van der Waals surface area contributed by atoms with E-state index in [9.17, 15) is 4.79 Å². The van der Waals surface area contributed by atoms with Crippen molar-refractivity contribution in [3.05, 3.63) is 64.7 Å². The van der Waals surface area contributed by atoms with E-state index in [4.69, 9.17) is 9.47 Å². The Labute approximate surface area is 172 Å². The Morgan fingerprint density at radius 3 is 2.57 bits per heavy atom. The van der Waals surface area contributed by atoms with Crippen LogP contribution < -0.4 is 14.8 Å². The van der Waals surface area contributed by atoms with Gasteiger partial charge in [-0.25, -0.2) is 0 Å². The van der Waals surface area contributed by atoms with Gasteiger partial charge in [0.25, 0.3) is 0 Å². The third-order valence-electron chi connectivity index (χ3n) is 3.86. The molecule has 0 spiro atoms. The summed E-state index contributed by atoms with van der Waals surface area (Å²) < 4.78 is 10.6. The number of hydrogen-bond donors (Lipinski definition) is 1. The summed E-state index contributed by atoms with van der Waals surface area (Å²) in [4.78, 5) is 12.1. The fourth-order valence-electron chi connectivity index (χ4n) is 2.53. The number of aromatic nitrogens is 2. The molecule has 1 aromatic heterocycles. The molecule has 0 unspecified atom stereocenters. The maximum atomic E-state index is 12.1. The number of amides is 1. The molecular formula is C20H21N3O3S2. The number of rotatable bonds is 9. The third kappa shape index (κ3) is 5.71. The average molecular weight is 416 g/mol. The molecule has 1 N–H and O–H groups in total. The molecule has 3 aromatic rings. The van der Waals surface area contributed by atoms with E-state index < -0.39 is 0 Å². The fourth-order valence-corrected chi connectivity index (χ4v) is 4.11. The van der Waals surface area contributed by atoms with Gasteiger partial charge in [-0.15, -0.1) is 22.0 Å². The molecule has 0 bridgehead atoms. The molecule has 1 amide bonds. The van der Waals surface area contributed by atoms with Crippen molar-refractivity contribution in [3.63, 3.8) is 0 Å². The van der Waals surface area contributed by atoms with E-state index >= 15 is 0 Å². The summed E-state index contributed by atoms with van der Waals surface area (Å²) in [6.07, 6.45) is 0.608. The van der Waals surface area contributed by atoms with Gasteiger partial charge >= 0.3 is 0 Å². The number of methoxy groups -OCH3 is 2. The Kier molecular flexibility index (Phi) is 7.27. The first-order valence-corrected chi connectivity index (χ1v) is 10.6. The lowest BCUT2D eigenvalue weighted by Crippen LogP contribution is -2.13. The predicted molar refractivity (Wildman–Crippen MR) is 113 cm³/mol. The van der Waals surface area contributed by atoms with Gasteiger partial charge in [0.05, 0.1) is 20.0 Å². The Bertz CT molecular complexity index is 916. The van der Waals surface area contributed by atoms with Gasteiger partial charge < -0.3 is 9.47 Å². The highest BCUT2D eigenvalue weighted by Gasteiger charge is 2.11. The second-order valence-electron chi connectivity index (χ2n) is 5.89. The van der Waals surface area contributed by atoms with Crippen LogP contribution in [0.1, 0.15) is 16.1 Å². The van der Waals surface area contributed by atoms with Crippen LogP contribution in [-0.2, 0) is 17.0 Å². The van der Waals surface area contributed by atoms with E-state index in [1.54, 1.807) is 26.0 Å². The maximum Gasteiger partial charge on any atom is 0.236 e. The minimum Gasteiger partial charge on any atom is -0.493 e. The Balaban J connectivity index is 1.50. The van der Waals surface area contributed by atoms with E-state index in [1.165, 1.54) is 16.9 Å². The molecule has 28 heavy (non-hydrogen) atoms. The van der Waals surface area contributed by atoms with Crippen molar-refractivity contribution in [2.24, 2.45) is 0 Å². The number of anilines is 1. The molecule has 6 nitrogen and oxygen atoms in total. The number of carbonyl (C=O) groups is 1. The summed E-state index contributed by atoms with van der Waals surface area (Å²) in [5.41, 5.74) is 2.23. The van der Waals surface area contributed by atoms with Crippen LogP contribution in [0, 0.1) is 0 Å². The molecule has 0 aliphatic rings. The van der Waals surface area contributed by atoms with Gasteiger partial charge in [-0.3, -0.25) is 10.1 Å². The molecule has 1 heterocycles. The monoisotopic (exact) mass is 415 g/mol. The Morgan fingerprint density at radius 1 is 1.04 bits per heavy atom. The number of ether oxygens (including phenoxy) is 2. The van der Waals surface area contributed by atoms with Crippen molar-refractivity contribution in [2.75, 3.05) is 25.3 Å². The fraction of sp³-hybridized carbons (Fsp3) is 0.250. The molecule has 8 heteroatoms. The second-order valence-corrected chi connectivity index (χ2v) is 7.94. The molecule has 2 aromatic carbocycles. The highest BCUT2D eigenvalue weighted by atomic mass is 32.2. The molecule has 146 valence electrons. The normalized spacial score (nSPS) is 10.5. The zero-order chi connectivity index (χ0) is 19.8. The quantitative estimate of drug-likeness (QED) is 0.569. The lowest BCUT2D eigenvalue weighted by Gasteiger charge is -2.08. The summed E-state index contributed by atoms with van der Waals surface area (Å²) >= 11 is 2.94. The highest BCUT2D eigenvalue weighted by Crippen LogP contribution is 2.29. The summed E-state index contributed by atoms with van der Waals surface area (Å²) in [5, 5.41) is 12.4. The van der Waals surface area contributed by atoms with Gasteiger partial charge in [-0.05, 0) is 23.3 Å². The largest absolute Gasteiger partial charge is 0.493 e. The van der Waals surface area contributed by atoms with Crippen LogP contribution in [0.2, 0.25) is 0 Å². The first kappa shape index (κ1) is 20.2. The molecule has 0 atom stereocenters. The molecule has 0 aliphatic carbocycles. The summed E-state index contributed by atoms with van der Waals surface area (Å²) in [6, 6.07) is 15.8. The molecule has 0 saturated carbocycles. The van der Waals surface area contributed by atoms with Crippen LogP contribution in [0.4, 0.5) is 5.13 Å². The van der Waals surface area contributed by atoms with E-state index in [0.717, 1.165) is 16.3 Å². The van der Waals surface area contributed by atoms with Crippen molar-refractivity contribution in [2.45, 2.75) is 12.2 Å². The molecule has 0 aliphatic heterocycles. The van der Waals surface area contributed by atoms with Gasteiger partial charge in [0.2, 0.25) is 11.0 Å². The zero-order valence-corrected chi connectivity index (χ0v) is 17.3. The topological polar surface area (TPSA) is 73.3 Å². The van der Waals surface area contributed by atoms with Gasteiger partial charge in [0, 0.05) is 12.2 Å². The van der Waals surface area contributed by atoms with Crippen LogP contribution in [-0.4, -0.2) is 36.1 Å². The van der Waals surface area contributed by atoms with Crippen LogP contribution in [0.3, 0.4) is 0 Å². The number of carbonyl (C=O) groups excluding carboxylic acids is 1.